The largest absolute Gasteiger partial charge is 0.490 e. The lowest BCUT2D eigenvalue weighted by atomic mass is 10.1. The summed E-state index contributed by atoms with van der Waals surface area (Å²) in [5.41, 5.74) is 1.28. The minimum absolute atomic E-state index is 0.238. The van der Waals surface area contributed by atoms with Crippen LogP contribution in [0.25, 0.3) is 10.9 Å². The Hall–Kier alpha value is -2.14. The molecule has 2 rings (SSSR count). The van der Waals surface area contributed by atoms with Crippen molar-refractivity contribution in [1.82, 2.24) is 4.98 Å². The van der Waals surface area contributed by atoms with Crippen LogP contribution in [0.15, 0.2) is 30.5 Å². The molecule has 0 bridgehead atoms. The van der Waals surface area contributed by atoms with Crippen LogP contribution in [0.4, 0.5) is 0 Å². The standard InChI is InChI=1S/C18H23NO4/c1-18(2,3)23-17(20)10-13-5-6-16-14(9-13)11-15(12-19-16)22-8-7-21-4/h5-6,9,11-12H,7-8,10H2,1-4H3. The van der Waals surface area contributed by atoms with Crippen molar-refractivity contribution in [2.45, 2.75) is 32.8 Å². The molecule has 0 atom stereocenters. The molecule has 2 aromatic rings. The van der Waals surface area contributed by atoms with Gasteiger partial charge in [-0.3, -0.25) is 9.78 Å². The molecule has 1 aromatic heterocycles. The van der Waals surface area contributed by atoms with E-state index in [2.05, 4.69) is 4.98 Å². The van der Waals surface area contributed by atoms with Gasteiger partial charge in [-0.15, -0.1) is 0 Å². The highest BCUT2D eigenvalue weighted by Gasteiger charge is 2.16. The number of nitrogens with zero attached hydrogens (tertiary/aromatic N) is 1. The minimum Gasteiger partial charge on any atom is -0.490 e. The quantitative estimate of drug-likeness (QED) is 0.605. The molecule has 0 N–H and O–H groups in total. The second-order valence-electron chi connectivity index (χ2n) is 6.30. The molecule has 5 nitrogen and oxygen atoms in total. The molecule has 0 spiro atoms. The van der Waals surface area contributed by atoms with Crippen molar-refractivity contribution in [3.63, 3.8) is 0 Å². The molecular formula is C18H23NO4. The van der Waals surface area contributed by atoms with Gasteiger partial charge in [-0.2, -0.15) is 0 Å². The van der Waals surface area contributed by atoms with E-state index in [-0.39, 0.29) is 12.4 Å². The maximum absolute atomic E-state index is 11.9. The van der Waals surface area contributed by atoms with E-state index in [1.165, 1.54) is 0 Å². The lowest BCUT2D eigenvalue weighted by Gasteiger charge is -2.19. The molecule has 1 heterocycles. The first kappa shape index (κ1) is 17.2. The third kappa shape index (κ3) is 5.53. The molecule has 23 heavy (non-hydrogen) atoms. The number of fused-ring (bicyclic) bond motifs is 1. The highest BCUT2D eigenvalue weighted by atomic mass is 16.6. The fourth-order valence-electron chi connectivity index (χ4n) is 2.14. The van der Waals surface area contributed by atoms with Crippen molar-refractivity contribution >= 4 is 16.9 Å². The first-order valence-corrected chi connectivity index (χ1v) is 7.60. The zero-order valence-electron chi connectivity index (χ0n) is 14.1. The summed E-state index contributed by atoms with van der Waals surface area (Å²) in [6.45, 7) is 6.58. The predicted octanol–water partition coefficient (Wildman–Crippen LogP) is 3.14. The molecule has 0 aliphatic carbocycles. The maximum Gasteiger partial charge on any atom is 0.310 e. The number of ether oxygens (including phenoxy) is 3. The van der Waals surface area contributed by atoms with Gasteiger partial charge in [0.1, 0.15) is 18.0 Å². The molecule has 5 heteroatoms. The number of hydrogen-bond donors (Lipinski definition) is 0. The average molecular weight is 317 g/mol. The second-order valence-corrected chi connectivity index (χ2v) is 6.30. The van der Waals surface area contributed by atoms with E-state index in [4.69, 9.17) is 14.2 Å². The number of carbonyl (C=O) groups is 1. The topological polar surface area (TPSA) is 57.7 Å². The van der Waals surface area contributed by atoms with Gasteiger partial charge in [0.05, 0.1) is 24.7 Å². The molecule has 0 radical (unpaired) electrons. The second kappa shape index (κ2) is 7.42. The lowest BCUT2D eigenvalue weighted by molar-refractivity contribution is -0.153. The SMILES string of the molecule is COCCOc1cnc2ccc(CC(=O)OC(C)(C)C)cc2c1. The van der Waals surface area contributed by atoms with Gasteiger partial charge in [-0.05, 0) is 44.5 Å². The molecule has 0 saturated carbocycles. The Labute approximate surface area is 136 Å². The van der Waals surface area contributed by atoms with Crippen LogP contribution >= 0.6 is 0 Å². The minimum atomic E-state index is -0.474. The summed E-state index contributed by atoms with van der Waals surface area (Å²) in [6.07, 6.45) is 1.92. The molecule has 0 amide bonds. The monoisotopic (exact) mass is 317 g/mol. The Morgan fingerprint density at radius 1 is 1.17 bits per heavy atom. The summed E-state index contributed by atoms with van der Waals surface area (Å²) >= 11 is 0. The number of esters is 1. The summed E-state index contributed by atoms with van der Waals surface area (Å²) in [5, 5.41) is 0.931. The molecular weight excluding hydrogens is 294 g/mol. The average Bonchev–Trinajstić information content (AvgIpc) is 2.45. The predicted molar refractivity (Wildman–Crippen MR) is 88.7 cm³/mol. The van der Waals surface area contributed by atoms with Gasteiger partial charge in [-0.25, -0.2) is 0 Å². The van der Waals surface area contributed by atoms with Crippen LogP contribution in [0.5, 0.6) is 5.75 Å². The third-order valence-electron chi connectivity index (χ3n) is 3.05. The van der Waals surface area contributed by atoms with E-state index in [9.17, 15) is 4.79 Å². The molecule has 1 aromatic carbocycles. The molecule has 0 aliphatic heterocycles. The van der Waals surface area contributed by atoms with Crippen LogP contribution in [0.3, 0.4) is 0 Å². The van der Waals surface area contributed by atoms with E-state index in [1.807, 2.05) is 45.0 Å². The van der Waals surface area contributed by atoms with Crippen LogP contribution in [0.2, 0.25) is 0 Å². The lowest BCUT2D eigenvalue weighted by Crippen LogP contribution is -2.24. The van der Waals surface area contributed by atoms with Gasteiger partial charge in [0.15, 0.2) is 0 Å². The van der Waals surface area contributed by atoms with E-state index >= 15 is 0 Å². The number of pyridine rings is 1. The first-order valence-electron chi connectivity index (χ1n) is 7.60. The fraction of sp³-hybridized carbons (Fsp3) is 0.444. The molecule has 0 fully saturated rings. The van der Waals surface area contributed by atoms with Crippen molar-refractivity contribution in [3.05, 3.63) is 36.0 Å². The summed E-state index contributed by atoms with van der Waals surface area (Å²) in [6, 6.07) is 7.64. The number of carbonyl (C=O) groups excluding carboxylic acids is 1. The Bertz CT molecular complexity index is 676. The van der Waals surface area contributed by atoms with Gasteiger partial charge < -0.3 is 14.2 Å². The van der Waals surface area contributed by atoms with Gasteiger partial charge >= 0.3 is 5.97 Å². The zero-order chi connectivity index (χ0) is 16.9. The van der Waals surface area contributed by atoms with Crippen molar-refractivity contribution < 1.29 is 19.0 Å². The fourth-order valence-corrected chi connectivity index (χ4v) is 2.14. The number of aromatic nitrogens is 1. The number of methoxy groups -OCH3 is 1. The van der Waals surface area contributed by atoms with Gasteiger partial charge in [0.25, 0.3) is 0 Å². The molecule has 0 saturated heterocycles. The Morgan fingerprint density at radius 3 is 2.65 bits per heavy atom. The molecule has 124 valence electrons. The van der Waals surface area contributed by atoms with Crippen LogP contribution in [-0.2, 0) is 20.7 Å². The van der Waals surface area contributed by atoms with Crippen LogP contribution in [0.1, 0.15) is 26.3 Å². The van der Waals surface area contributed by atoms with Crippen molar-refractivity contribution in [1.29, 1.82) is 0 Å². The van der Waals surface area contributed by atoms with Crippen LogP contribution < -0.4 is 4.74 Å². The van der Waals surface area contributed by atoms with E-state index in [0.717, 1.165) is 16.5 Å². The summed E-state index contributed by atoms with van der Waals surface area (Å²) < 4.78 is 15.9. The van der Waals surface area contributed by atoms with Gasteiger partial charge in [0.2, 0.25) is 0 Å². The Balaban J connectivity index is 2.11. The molecule has 0 unspecified atom stereocenters. The first-order chi connectivity index (χ1) is 10.9. The number of benzene rings is 1. The van der Waals surface area contributed by atoms with Gasteiger partial charge in [-0.1, -0.05) is 6.07 Å². The van der Waals surface area contributed by atoms with E-state index < -0.39 is 5.60 Å². The third-order valence-corrected chi connectivity index (χ3v) is 3.05. The van der Waals surface area contributed by atoms with E-state index in [0.29, 0.717) is 19.0 Å². The van der Waals surface area contributed by atoms with Gasteiger partial charge in [0, 0.05) is 12.5 Å². The Morgan fingerprint density at radius 2 is 1.96 bits per heavy atom. The smallest absolute Gasteiger partial charge is 0.310 e. The Kier molecular flexibility index (Phi) is 5.55. The van der Waals surface area contributed by atoms with Crippen molar-refractivity contribution in [2.24, 2.45) is 0 Å². The maximum atomic E-state index is 11.9. The summed E-state index contributed by atoms with van der Waals surface area (Å²) in [4.78, 5) is 16.3. The number of rotatable bonds is 6. The highest BCUT2D eigenvalue weighted by molar-refractivity contribution is 5.82. The van der Waals surface area contributed by atoms with Crippen molar-refractivity contribution in [3.8, 4) is 5.75 Å². The van der Waals surface area contributed by atoms with Crippen LogP contribution in [-0.4, -0.2) is 36.9 Å². The summed E-state index contributed by atoms with van der Waals surface area (Å²) in [7, 11) is 1.63. The normalized spacial score (nSPS) is 11.5. The highest BCUT2D eigenvalue weighted by Crippen LogP contribution is 2.20. The van der Waals surface area contributed by atoms with Crippen LogP contribution in [0, 0.1) is 0 Å². The molecule has 0 aliphatic rings. The number of hydrogen-bond acceptors (Lipinski definition) is 5. The van der Waals surface area contributed by atoms with Crippen molar-refractivity contribution in [2.75, 3.05) is 20.3 Å². The zero-order valence-corrected chi connectivity index (χ0v) is 14.1. The summed E-state index contributed by atoms with van der Waals surface area (Å²) in [5.74, 6) is 0.446. The van der Waals surface area contributed by atoms with E-state index in [1.54, 1.807) is 13.3 Å².